The highest BCUT2D eigenvalue weighted by molar-refractivity contribution is 8.16. The number of amidine groups is 1. The summed E-state index contributed by atoms with van der Waals surface area (Å²) >= 11 is 1.58. The first-order valence-electron chi connectivity index (χ1n) is 8.30. The molecule has 0 spiro atoms. The maximum atomic E-state index is 13.0. The number of likely N-dealkylation sites (tertiary alicyclic amines) is 1. The van der Waals surface area contributed by atoms with E-state index in [1.807, 2.05) is 22.4 Å². The molecule has 0 radical (unpaired) electrons. The number of aromatic nitrogens is 2. The number of aryl methyl sites for hydroxylation is 1. The Hall–Kier alpha value is -1.76. The number of amides is 1. The van der Waals surface area contributed by atoms with Gasteiger partial charge in [-0.2, -0.15) is 5.10 Å². The molecule has 122 valence electrons. The molecule has 6 nitrogen and oxygen atoms in total. The molecule has 4 rings (SSSR count). The van der Waals surface area contributed by atoms with Gasteiger partial charge in [-0.05, 0) is 31.7 Å². The van der Waals surface area contributed by atoms with Crippen molar-refractivity contribution in [1.29, 1.82) is 0 Å². The molecule has 0 aliphatic carbocycles. The second-order valence-corrected chi connectivity index (χ2v) is 6.98. The summed E-state index contributed by atoms with van der Waals surface area (Å²) in [4.78, 5) is 21.6. The Morgan fingerprint density at radius 2 is 2.30 bits per heavy atom. The van der Waals surface area contributed by atoms with Crippen LogP contribution in [-0.2, 0) is 11.3 Å². The summed E-state index contributed by atoms with van der Waals surface area (Å²) in [6, 6.07) is 2.26. The lowest BCUT2D eigenvalue weighted by Gasteiger charge is -2.37. The minimum absolute atomic E-state index is 0.176. The van der Waals surface area contributed by atoms with Crippen molar-refractivity contribution in [1.82, 2.24) is 19.6 Å². The molecule has 0 bridgehead atoms. The van der Waals surface area contributed by atoms with Crippen molar-refractivity contribution < 1.29 is 4.79 Å². The van der Waals surface area contributed by atoms with Gasteiger partial charge in [-0.25, -0.2) is 0 Å². The molecule has 1 fully saturated rings. The van der Waals surface area contributed by atoms with Gasteiger partial charge in [-0.15, -0.1) is 0 Å². The standard InChI is InChI=1S/C16H21N5OS/c22-15(14-12-23-16-17-7-11-21(14)16)20-9-2-1-4-13(20)5-10-19-8-3-6-18-19/h3,6,8,12-13H,1-2,4-5,7,9-11H2/t13-/m0/s1. The fourth-order valence-corrected chi connectivity index (χ4v) is 4.45. The quantitative estimate of drug-likeness (QED) is 0.846. The third-order valence-corrected chi connectivity index (χ3v) is 5.63. The number of hydrogen-bond acceptors (Lipinski definition) is 5. The number of hydrogen-bond donors (Lipinski definition) is 0. The van der Waals surface area contributed by atoms with Gasteiger partial charge in [0.2, 0.25) is 0 Å². The summed E-state index contributed by atoms with van der Waals surface area (Å²) in [5.74, 6) is 0.176. The molecule has 3 aliphatic rings. The van der Waals surface area contributed by atoms with Crippen LogP contribution in [0.4, 0.5) is 0 Å². The molecule has 1 aromatic heterocycles. The fraction of sp³-hybridized carbons (Fsp3) is 0.562. The molecule has 0 saturated carbocycles. The van der Waals surface area contributed by atoms with E-state index in [0.717, 1.165) is 56.3 Å². The molecule has 0 unspecified atom stereocenters. The van der Waals surface area contributed by atoms with E-state index >= 15 is 0 Å². The second kappa shape index (κ2) is 6.39. The van der Waals surface area contributed by atoms with Crippen LogP contribution in [0.2, 0.25) is 0 Å². The van der Waals surface area contributed by atoms with Crippen LogP contribution in [0.25, 0.3) is 0 Å². The normalized spacial score (nSPS) is 23.7. The summed E-state index contributed by atoms with van der Waals surface area (Å²) < 4.78 is 1.95. The van der Waals surface area contributed by atoms with E-state index in [9.17, 15) is 4.79 Å². The first-order chi connectivity index (χ1) is 11.3. The Balaban J connectivity index is 1.44. The number of fused-ring (bicyclic) bond motifs is 1. The maximum absolute atomic E-state index is 13.0. The first kappa shape index (κ1) is 14.8. The third kappa shape index (κ3) is 2.89. The van der Waals surface area contributed by atoms with Crippen LogP contribution in [0.15, 0.2) is 34.6 Å². The number of carbonyl (C=O) groups excluding carboxylic acids is 1. The molecule has 1 aromatic rings. The molecule has 1 saturated heterocycles. The monoisotopic (exact) mass is 331 g/mol. The van der Waals surface area contributed by atoms with E-state index in [4.69, 9.17) is 0 Å². The maximum Gasteiger partial charge on any atom is 0.271 e. The van der Waals surface area contributed by atoms with Gasteiger partial charge >= 0.3 is 0 Å². The number of carbonyl (C=O) groups is 1. The first-order valence-corrected chi connectivity index (χ1v) is 9.18. The number of piperidine rings is 1. The zero-order chi connectivity index (χ0) is 15.6. The smallest absolute Gasteiger partial charge is 0.271 e. The van der Waals surface area contributed by atoms with Crippen molar-refractivity contribution in [3.8, 4) is 0 Å². The van der Waals surface area contributed by atoms with Crippen LogP contribution in [-0.4, -0.2) is 56.3 Å². The Bertz CT molecular complexity index is 639. The van der Waals surface area contributed by atoms with E-state index in [2.05, 4.69) is 19.9 Å². The average Bonchev–Trinajstić information content (AvgIpc) is 3.30. The van der Waals surface area contributed by atoms with Crippen LogP contribution in [0.5, 0.6) is 0 Å². The van der Waals surface area contributed by atoms with Crippen molar-refractivity contribution in [2.45, 2.75) is 38.3 Å². The van der Waals surface area contributed by atoms with Gasteiger partial charge in [-0.3, -0.25) is 14.5 Å². The van der Waals surface area contributed by atoms with Gasteiger partial charge in [0.05, 0.1) is 6.54 Å². The average molecular weight is 331 g/mol. The van der Waals surface area contributed by atoms with Gasteiger partial charge < -0.3 is 9.80 Å². The Morgan fingerprint density at radius 3 is 3.17 bits per heavy atom. The summed E-state index contributed by atoms with van der Waals surface area (Å²) in [6.07, 6.45) is 8.16. The highest BCUT2D eigenvalue weighted by Gasteiger charge is 2.36. The highest BCUT2D eigenvalue weighted by atomic mass is 32.2. The van der Waals surface area contributed by atoms with E-state index in [-0.39, 0.29) is 5.91 Å². The lowest BCUT2D eigenvalue weighted by Crippen LogP contribution is -2.46. The molecule has 0 N–H and O–H groups in total. The molecule has 3 aliphatic heterocycles. The van der Waals surface area contributed by atoms with Crippen LogP contribution >= 0.6 is 11.8 Å². The van der Waals surface area contributed by atoms with Crippen molar-refractivity contribution in [2.24, 2.45) is 4.99 Å². The summed E-state index contributed by atoms with van der Waals surface area (Å²) in [7, 11) is 0. The predicted molar refractivity (Wildman–Crippen MR) is 90.9 cm³/mol. The van der Waals surface area contributed by atoms with Crippen molar-refractivity contribution >= 4 is 22.8 Å². The highest BCUT2D eigenvalue weighted by Crippen LogP contribution is 2.32. The lowest BCUT2D eigenvalue weighted by molar-refractivity contribution is -0.132. The van der Waals surface area contributed by atoms with Gasteiger partial charge in [-0.1, -0.05) is 11.8 Å². The number of nitrogens with zero attached hydrogens (tertiary/aromatic N) is 5. The number of thioether (sulfide) groups is 1. The van der Waals surface area contributed by atoms with Crippen LogP contribution < -0.4 is 0 Å². The van der Waals surface area contributed by atoms with Gasteiger partial charge in [0, 0.05) is 43.5 Å². The molecular weight excluding hydrogens is 310 g/mol. The van der Waals surface area contributed by atoms with Crippen molar-refractivity contribution in [2.75, 3.05) is 19.6 Å². The van der Waals surface area contributed by atoms with E-state index in [0.29, 0.717) is 6.04 Å². The van der Waals surface area contributed by atoms with Crippen molar-refractivity contribution in [3.05, 3.63) is 29.6 Å². The van der Waals surface area contributed by atoms with Crippen LogP contribution in [0.1, 0.15) is 25.7 Å². The summed E-state index contributed by atoms with van der Waals surface area (Å²) in [5, 5.41) is 7.22. The SMILES string of the molecule is O=C(C1=CSC2=NCCN12)N1CCCC[C@H]1CCn1cccn1. The molecule has 1 atom stereocenters. The zero-order valence-electron chi connectivity index (χ0n) is 13.1. The van der Waals surface area contributed by atoms with E-state index < -0.39 is 0 Å². The molecule has 4 heterocycles. The van der Waals surface area contributed by atoms with Gasteiger partial charge in [0.25, 0.3) is 5.91 Å². The minimum atomic E-state index is 0.176. The summed E-state index contributed by atoms with van der Waals surface area (Å²) in [6.45, 7) is 3.37. The van der Waals surface area contributed by atoms with Crippen LogP contribution in [0, 0.1) is 0 Å². The van der Waals surface area contributed by atoms with Crippen molar-refractivity contribution in [3.63, 3.8) is 0 Å². The molecule has 7 heteroatoms. The number of aliphatic imine (C=N–C) groups is 1. The van der Waals surface area contributed by atoms with Crippen LogP contribution in [0.3, 0.4) is 0 Å². The molecule has 0 aromatic carbocycles. The zero-order valence-corrected chi connectivity index (χ0v) is 13.9. The van der Waals surface area contributed by atoms with E-state index in [1.165, 1.54) is 6.42 Å². The molecular formula is C16H21N5OS. The predicted octanol–water partition coefficient (Wildman–Crippen LogP) is 1.91. The molecule has 23 heavy (non-hydrogen) atoms. The van der Waals surface area contributed by atoms with E-state index in [1.54, 1.807) is 18.0 Å². The Morgan fingerprint density at radius 1 is 1.35 bits per heavy atom. The topological polar surface area (TPSA) is 53.7 Å². The summed E-state index contributed by atoms with van der Waals surface area (Å²) in [5.41, 5.74) is 0.817. The Kier molecular flexibility index (Phi) is 4.11. The second-order valence-electron chi connectivity index (χ2n) is 6.14. The molecule has 1 amide bonds. The minimum Gasteiger partial charge on any atom is -0.334 e. The fourth-order valence-electron chi connectivity index (χ4n) is 3.52. The Labute approximate surface area is 140 Å². The number of rotatable bonds is 4. The lowest BCUT2D eigenvalue weighted by atomic mass is 9.99. The largest absolute Gasteiger partial charge is 0.334 e. The third-order valence-electron chi connectivity index (χ3n) is 4.73. The van der Waals surface area contributed by atoms with Gasteiger partial charge in [0.1, 0.15) is 5.70 Å². The van der Waals surface area contributed by atoms with Gasteiger partial charge in [0.15, 0.2) is 5.17 Å².